The number of halogens is 3. The molecule has 0 radical (unpaired) electrons. The van der Waals surface area contributed by atoms with Crippen molar-refractivity contribution in [1.82, 2.24) is 19.3 Å². The quantitative estimate of drug-likeness (QED) is 0.659. The number of rotatable bonds is 3. The van der Waals surface area contributed by atoms with Crippen molar-refractivity contribution in [3.63, 3.8) is 0 Å². The van der Waals surface area contributed by atoms with E-state index in [-0.39, 0.29) is 12.2 Å². The molecule has 140 valence electrons. The lowest BCUT2D eigenvalue weighted by Crippen LogP contribution is -2.19. The molecule has 0 fully saturated rings. The Morgan fingerprint density at radius 3 is 2.70 bits per heavy atom. The van der Waals surface area contributed by atoms with E-state index in [1.165, 1.54) is 13.2 Å². The molecule has 0 aliphatic carbocycles. The summed E-state index contributed by atoms with van der Waals surface area (Å²) >= 11 is 0. The topological polar surface area (TPSA) is 61.9 Å². The van der Waals surface area contributed by atoms with Crippen LogP contribution < -0.4 is 0 Å². The van der Waals surface area contributed by atoms with Gasteiger partial charge in [-0.15, -0.1) is 0 Å². The third-order valence-corrected chi connectivity index (χ3v) is 4.43. The molecule has 0 saturated carbocycles. The first kappa shape index (κ1) is 17.3. The second-order valence-corrected chi connectivity index (χ2v) is 6.35. The largest absolute Gasteiger partial charge is 0.462 e. The van der Waals surface area contributed by atoms with Crippen molar-refractivity contribution in [2.45, 2.75) is 19.1 Å². The van der Waals surface area contributed by atoms with Crippen LogP contribution in [0.15, 0.2) is 37.1 Å². The standard InChI is InChI=1S/C18H15F3N4O2/c1-24-9-15(16(23-24)18(19,20)21)13-6-11(8-25-4-3-22-10-25)7-14-12(13)2-5-27-17(14)26/h3-4,6-7,9-10H,2,5,8H2,1H3. The Balaban J connectivity index is 1.92. The number of hydrogen-bond donors (Lipinski definition) is 0. The molecule has 0 N–H and O–H groups in total. The summed E-state index contributed by atoms with van der Waals surface area (Å²) in [4.78, 5) is 16.2. The van der Waals surface area contributed by atoms with Crippen LogP contribution in [0.4, 0.5) is 13.2 Å². The number of imidazole rings is 1. The van der Waals surface area contributed by atoms with E-state index in [2.05, 4.69) is 10.1 Å². The van der Waals surface area contributed by atoms with Crippen LogP contribution in [0.3, 0.4) is 0 Å². The van der Waals surface area contributed by atoms with E-state index in [4.69, 9.17) is 4.74 Å². The lowest BCUT2D eigenvalue weighted by atomic mass is 9.90. The van der Waals surface area contributed by atoms with Crippen molar-refractivity contribution in [1.29, 1.82) is 0 Å². The molecule has 0 amide bonds. The summed E-state index contributed by atoms with van der Waals surface area (Å²) in [6, 6.07) is 3.35. The number of benzene rings is 1. The van der Waals surface area contributed by atoms with E-state index in [1.807, 2.05) is 0 Å². The van der Waals surface area contributed by atoms with Crippen LogP contribution in [-0.4, -0.2) is 31.9 Å². The van der Waals surface area contributed by atoms with Gasteiger partial charge in [0.2, 0.25) is 0 Å². The van der Waals surface area contributed by atoms with Gasteiger partial charge < -0.3 is 9.30 Å². The molecular weight excluding hydrogens is 361 g/mol. The maximum Gasteiger partial charge on any atom is 0.435 e. The van der Waals surface area contributed by atoms with Crippen molar-refractivity contribution in [3.05, 3.63) is 59.4 Å². The molecule has 6 nitrogen and oxygen atoms in total. The average Bonchev–Trinajstić information content (AvgIpc) is 3.24. The summed E-state index contributed by atoms with van der Waals surface area (Å²) in [7, 11) is 1.44. The summed E-state index contributed by atoms with van der Waals surface area (Å²) in [6.07, 6.45) is 2.04. The molecule has 0 unspecified atom stereocenters. The molecule has 0 saturated heterocycles. The zero-order valence-electron chi connectivity index (χ0n) is 14.3. The highest BCUT2D eigenvalue weighted by atomic mass is 19.4. The first-order chi connectivity index (χ1) is 12.8. The van der Waals surface area contributed by atoms with Crippen LogP contribution >= 0.6 is 0 Å². The van der Waals surface area contributed by atoms with E-state index in [0.717, 1.165) is 4.68 Å². The molecule has 1 aliphatic rings. The van der Waals surface area contributed by atoms with Gasteiger partial charge in [-0.1, -0.05) is 0 Å². The molecular formula is C18H15F3N4O2. The molecule has 9 heteroatoms. The molecule has 4 rings (SSSR count). The Hall–Kier alpha value is -3.10. The van der Waals surface area contributed by atoms with Gasteiger partial charge in [0.25, 0.3) is 0 Å². The van der Waals surface area contributed by atoms with Gasteiger partial charge >= 0.3 is 12.1 Å². The molecule has 0 bridgehead atoms. The Bertz CT molecular complexity index is 1010. The fourth-order valence-electron chi connectivity index (χ4n) is 3.32. The molecule has 3 aromatic rings. The fourth-order valence-corrected chi connectivity index (χ4v) is 3.32. The van der Waals surface area contributed by atoms with Gasteiger partial charge in [0.15, 0.2) is 5.69 Å². The second-order valence-electron chi connectivity index (χ2n) is 6.35. The Kier molecular flexibility index (Phi) is 4.01. The number of ether oxygens (including phenoxy) is 1. The predicted octanol–water partition coefficient (Wildman–Crippen LogP) is 3.06. The maximum atomic E-state index is 13.5. The van der Waals surface area contributed by atoms with Crippen molar-refractivity contribution in [2.24, 2.45) is 7.05 Å². The van der Waals surface area contributed by atoms with Gasteiger partial charge in [-0.05, 0) is 28.8 Å². The van der Waals surface area contributed by atoms with Crippen LogP contribution in [0.2, 0.25) is 0 Å². The number of esters is 1. The van der Waals surface area contributed by atoms with E-state index in [9.17, 15) is 18.0 Å². The number of fused-ring (bicyclic) bond motifs is 1. The number of nitrogens with zero attached hydrogens (tertiary/aromatic N) is 4. The van der Waals surface area contributed by atoms with Crippen molar-refractivity contribution in [3.8, 4) is 11.1 Å². The predicted molar refractivity (Wildman–Crippen MR) is 89.0 cm³/mol. The van der Waals surface area contributed by atoms with E-state index in [1.54, 1.807) is 35.4 Å². The van der Waals surface area contributed by atoms with Crippen LogP contribution in [0.1, 0.15) is 27.2 Å². The molecule has 27 heavy (non-hydrogen) atoms. The minimum atomic E-state index is -4.60. The minimum absolute atomic E-state index is 0.0385. The van der Waals surface area contributed by atoms with Crippen molar-refractivity contribution in [2.75, 3.05) is 6.61 Å². The van der Waals surface area contributed by atoms with Gasteiger partial charge in [0, 0.05) is 44.2 Å². The monoisotopic (exact) mass is 376 g/mol. The van der Waals surface area contributed by atoms with Crippen molar-refractivity contribution < 1.29 is 22.7 Å². The zero-order chi connectivity index (χ0) is 19.2. The molecule has 3 heterocycles. The van der Waals surface area contributed by atoms with E-state index < -0.39 is 17.8 Å². The third kappa shape index (κ3) is 3.20. The number of aromatic nitrogens is 4. The number of carbonyl (C=O) groups excluding carboxylic acids is 1. The van der Waals surface area contributed by atoms with Gasteiger partial charge in [-0.2, -0.15) is 18.3 Å². The highest BCUT2D eigenvalue weighted by molar-refractivity contribution is 5.95. The summed E-state index contributed by atoms with van der Waals surface area (Å²) in [5.41, 5.74) is 0.886. The van der Waals surface area contributed by atoms with Gasteiger partial charge in [0.05, 0.1) is 18.5 Å². The second kappa shape index (κ2) is 6.26. The normalized spacial score (nSPS) is 14.1. The number of alkyl halides is 3. The fraction of sp³-hybridized carbons (Fsp3) is 0.278. The summed E-state index contributed by atoms with van der Waals surface area (Å²) in [5, 5.41) is 3.59. The Morgan fingerprint density at radius 2 is 2.00 bits per heavy atom. The number of aryl methyl sites for hydroxylation is 1. The number of cyclic esters (lactones) is 1. The SMILES string of the molecule is Cn1cc(-c2cc(Cn3ccnc3)cc3c2CCOC3=O)c(C(F)(F)F)n1. The minimum Gasteiger partial charge on any atom is -0.462 e. The van der Waals surface area contributed by atoms with Crippen LogP contribution in [0.5, 0.6) is 0 Å². The van der Waals surface area contributed by atoms with E-state index >= 15 is 0 Å². The van der Waals surface area contributed by atoms with Crippen LogP contribution in [0.25, 0.3) is 11.1 Å². The summed E-state index contributed by atoms with van der Waals surface area (Å²) < 4.78 is 48.4. The Labute approximate surface area is 152 Å². The molecule has 1 aromatic carbocycles. The zero-order valence-corrected chi connectivity index (χ0v) is 14.3. The van der Waals surface area contributed by atoms with Crippen LogP contribution in [-0.2, 0) is 30.9 Å². The average molecular weight is 376 g/mol. The highest BCUT2D eigenvalue weighted by Gasteiger charge is 2.38. The Morgan fingerprint density at radius 1 is 1.22 bits per heavy atom. The molecule has 1 aliphatic heterocycles. The maximum absolute atomic E-state index is 13.5. The molecule has 0 atom stereocenters. The highest BCUT2D eigenvalue weighted by Crippen LogP contribution is 2.39. The number of carbonyl (C=O) groups is 1. The number of hydrogen-bond acceptors (Lipinski definition) is 4. The summed E-state index contributed by atoms with van der Waals surface area (Å²) in [5.74, 6) is -0.526. The molecule has 0 spiro atoms. The van der Waals surface area contributed by atoms with Crippen LogP contribution in [0, 0.1) is 0 Å². The lowest BCUT2D eigenvalue weighted by molar-refractivity contribution is -0.140. The first-order valence-corrected chi connectivity index (χ1v) is 8.23. The van der Waals surface area contributed by atoms with Gasteiger partial charge in [0.1, 0.15) is 0 Å². The molecule has 2 aromatic heterocycles. The summed E-state index contributed by atoms with van der Waals surface area (Å²) in [6.45, 7) is 0.510. The smallest absolute Gasteiger partial charge is 0.435 e. The van der Waals surface area contributed by atoms with Gasteiger partial charge in [-0.3, -0.25) is 4.68 Å². The first-order valence-electron chi connectivity index (χ1n) is 8.23. The van der Waals surface area contributed by atoms with Gasteiger partial charge in [-0.25, -0.2) is 9.78 Å². The van der Waals surface area contributed by atoms with E-state index in [0.29, 0.717) is 35.2 Å². The lowest BCUT2D eigenvalue weighted by Gasteiger charge is -2.21. The third-order valence-electron chi connectivity index (χ3n) is 4.43. The van der Waals surface area contributed by atoms with Crippen molar-refractivity contribution >= 4 is 5.97 Å².